The molecule has 0 saturated carbocycles. The summed E-state index contributed by atoms with van der Waals surface area (Å²) in [5.74, 6) is -0.824. The Bertz CT molecular complexity index is 652. The van der Waals surface area contributed by atoms with E-state index in [-0.39, 0.29) is 16.7 Å². The molecule has 0 saturated heterocycles. The third kappa shape index (κ3) is 3.05. The van der Waals surface area contributed by atoms with Gasteiger partial charge in [0.25, 0.3) is 5.91 Å². The lowest BCUT2D eigenvalue weighted by atomic mass is 10.1. The summed E-state index contributed by atoms with van der Waals surface area (Å²) >= 11 is 5.50. The summed E-state index contributed by atoms with van der Waals surface area (Å²) < 4.78 is 42.8. The molecule has 4 nitrogen and oxygen atoms in total. The summed E-state index contributed by atoms with van der Waals surface area (Å²) in [5, 5.41) is 2.27. The number of hydrogen-bond acceptors (Lipinski definition) is 3. The highest BCUT2D eigenvalue weighted by Gasteiger charge is 2.33. The second-order valence-corrected chi connectivity index (χ2v) is 4.23. The van der Waals surface area contributed by atoms with Crippen LogP contribution in [0.5, 0.6) is 0 Å². The highest BCUT2D eigenvalue weighted by molar-refractivity contribution is 6.29. The Hall–Kier alpha value is -2.15. The number of amides is 1. The molecule has 20 heavy (non-hydrogen) atoms. The van der Waals surface area contributed by atoms with Crippen molar-refractivity contribution in [3.63, 3.8) is 0 Å². The SMILES string of the molecule is Nc1ccc(NC(=O)c2ccc(Cl)o2)cc1C(F)(F)F. The van der Waals surface area contributed by atoms with Crippen LogP contribution in [0.15, 0.2) is 34.7 Å². The van der Waals surface area contributed by atoms with E-state index in [2.05, 4.69) is 5.32 Å². The van der Waals surface area contributed by atoms with Gasteiger partial charge in [0.05, 0.1) is 5.56 Å². The molecule has 0 bridgehead atoms. The van der Waals surface area contributed by atoms with E-state index in [9.17, 15) is 18.0 Å². The average Bonchev–Trinajstić information content (AvgIpc) is 2.77. The van der Waals surface area contributed by atoms with Crippen LogP contribution in [0.25, 0.3) is 0 Å². The molecule has 0 spiro atoms. The molecular formula is C12H8ClF3N2O2. The molecule has 0 radical (unpaired) electrons. The Balaban J connectivity index is 2.24. The molecule has 2 aromatic rings. The first kappa shape index (κ1) is 14.3. The molecule has 1 aromatic carbocycles. The van der Waals surface area contributed by atoms with Crippen molar-refractivity contribution in [1.82, 2.24) is 0 Å². The summed E-state index contributed by atoms with van der Waals surface area (Å²) in [6.07, 6.45) is -4.60. The number of nitrogen functional groups attached to an aromatic ring is 1. The number of benzene rings is 1. The fraction of sp³-hybridized carbons (Fsp3) is 0.0833. The summed E-state index contributed by atoms with van der Waals surface area (Å²) in [5.41, 5.74) is 3.76. The van der Waals surface area contributed by atoms with E-state index in [1.54, 1.807) is 0 Å². The van der Waals surface area contributed by atoms with Crippen LogP contribution in [0.4, 0.5) is 24.5 Å². The van der Waals surface area contributed by atoms with E-state index in [4.69, 9.17) is 21.8 Å². The van der Waals surface area contributed by atoms with Crippen molar-refractivity contribution >= 4 is 28.9 Å². The van der Waals surface area contributed by atoms with Crippen LogP contribution in [-0.4, -0.2) is 5.91 Å². The van der Waals surface area contributed by atoms with Crippen LogP contribution >= 0.6 is 11.6 Å². The monoisotopic (exact) mass is 304 g/mol. The van der Waals surface area contributed by atoms with E-state index < -0.39 is 23.3 Å². The first-order chi connectivity index (χ1) is 9.27. The van der Waals surface area contributed by atoms with E-state index in [1.807, 2.05) is 0 Å². The number of carbonyl (C=O) groups excluding carboxylic acids is 1. The molecule has 0 aliphatic carbocycles. The van der Waals surface area contributed by atoms with E-state index in [0.717, 1.165) is 12.1 Å². The van der Waals surface area contributed by atoms with Gasteiger partial charge in [0.15, 0.2) is 11.0 Å². The number of alkyl halides is 3. The van der Waals surface area contributed by atoms with Gasteiger partial charge >= 0.3 is 6.18 Å². The Morgan fingerprint density at radius 2 is 1.95 bits per heavy atom. The Kier molecular flexibility index (Phi) is 3.63. The first-order valence-corrected chi connectivity index (χ1v) is 5.68. The molecule has 1 heterocycles. The maximum Gasteiger partial charge on any atom is 0.418 e. The lowest BCUT2D eigenvalue weighted by Crippen LogP contribution is -2.13. The molecule has 2 rings (SSSR count). The summed E-state index contributed by atoms with van der Waals surface area (Å²) in [7, 11) is 0. The van der Waals surface area contributed by atoms with Gasteiger partial charge in [-0.3, -0.25) is 4.79 Å². The highest BCUT2D eigenvalue weighted by Crippen LogP contribution is 2.35. The zero-order valence-electron chi connectivity index (χ0n) is 9.79. The van der Waals surface area contributed by atoms with Gasteiger partial charge in [0.2, 0.25) is 0 Å². The van der Waals surface area contributed by atoms with Crippen molar-refractivity contribution in [1.29, 1.82) is 0 Å². The number of furan rings is 1. The topological polar surface area (TPSA) is 68.3 Å². The van der Waals surface area contributed by atoms with Gasteiger partial charge in [-0.25, -0.2) is 0 Å². The minimum absolute atomic E-state index is 0.00318. The van der Waals surface area contributed by atoms with Crippen molar-refractivity contribution in [2.75, 3.05) is 11.1 Å². The third-order valence-corrected chi connectivity index (χ3v) is 2.62. The maximum atomic E-state index is 12.7. The van der Waals surface area contributed by atoms with Crippen molar-refractivity contribution < 1.29 is 22.4 Å². The van der Waals surface area contributed by atoms with Gasteiger partial charge in [0, 0.05) is 11.4 Å². The van der Waals surface area contributed by atoms with Gasteiger partial charge in [-0.1, -0.05) is 0 Å². The fourth-order valence-electron chi connectivity index (χ4n) is 1.51. The lowest BCUT2D eigenvalue weighted by Gasteiger charge is -2.12. The second kappa shape index (κ2) is 5.09. The molecule has 0 unspecified atom stereocenters. The van der Waals surface area contributed by atoms with E-state index >= 15 is 0 Å². The zero-order valence-corrected chi connectivity index (χ0v) is 10.5. The molecule has 8 heteroatoms. The quantitative estimate of drug-likeness (QED) is 0.829. The van der Waals surface area contributed by atoms with Gasteiger partial charge in [0.1, 0.15) is 0 Å². The largest absolute Gasteiger partial charge is 0.440 e. The maximum absolute atomic E-state index is 12.7. The molecule has 106 valence electrons. The number of anilines is 2. The minimum Gasteiger partial charge on any atom is -0.440 e. The molecular weight excluding hydrogens is 297 g/mol. The number of rotatable bonds is 2. The highest BCUT2D eigenvalue weighted by atomic mass is 35.5. The van der Waals surface area contributed by atoms with Gasteiger partial charge in [-0.2, -0.15) is 13.2 Å². The van der Waals surface area contributed by atoms with Crippen molar-refractivity contribution in [3.8, 4) is 0 Å². The fourth-order valence-corrected chi connectivity index (χ4v) is 1.65. The summed E-state index contributed by atoms with van der Waals surface area (Å²) in [4.78, 5) is 11.7. The molecule has 1 aromatic heterocycles. The molecule has 0 aliphatic rings. The molecule has 0 atom stereocenters. The Morgan fingerprint density at radius 3 is 2.50 bits per heavy atom. The van der Waals surface area contributed by atoms with Crippen LogP contribution < -0.4 is 11.1 Å². The number of halogens is 4. The summed E-state index contributed by atoms with van der Waals surface area (Å²) in [6, 6.07) is 5.72. The van der Waals surface area contributed by atoms with Gasteiger partial charge in [-0.05, 0) is 41.9 Å². The van der Waals surface area contributed by atoms with Crippen LogP contribution in [-0.2, 0) is 6.18 Å². The van der Waals surface area contributed by atoms with Crippen molar-refractivity contribution in [2.24, 2.45) is 0 Å². The Morgan fingerprint density at radius 1 is 1.25 bits per heavy atom. The standard InChI is InChI=1S/C12H8ClF3N2O2/c13-10-4-3-9(20-10)11(19)18-6-1-2-8(17)7(5-6)12(14,15)16/h1-5H,17H2,(H,18,19). The molecule has 0 aliphatic heterocycles. The molecule has 3 N–H and O–H groups in total. The third-order valence-electron chi connectivity index (χ3n) is 2.41. The zero-order chi connectivity index (χ0) is 14.9. The number of hydrogen-bond donors (Lipinski definition) is 2. The average molecular weight is 305 g/mol. The van der Waals surface area contributed by atoms with Crippen molar-refractivity contribution in [2.45, 2.75) is 6.18 Å². The smallest absolute Gasteiger partial charge is 0.418 e. The van der Waals surface area contributed by atoms with Crippen molar-refractivity contribution in [3.05, 3.63) is 46.9 Å². The van der Waals surface area contributed by atoms with E-state index in [0.29, 0.717) is 0 Å². The minimum atomic E-state index is -4.60. The number of nitrogens with two attached hydrogens (primary N) is 1. The first-order valence-electron chi connectivity index (χ1n) is 5.31. The van der Waals surface area contributed by atoms with Gasteiger partial charge < -0.3 is 15.5 Å². The van der Waals surface area contributed by atoms with E-state index in [1.165, 1.54) is 18.2 Å². The van der Waals surface area contributed by atoms with Crippen LogP contribution in [0.1, 0.15) is 16.1 Å². The van der Waals surface area contributed by atoms with Crippen LogP contribution in [0.2, 0.25) is 5.22 Å². The van der Waals surface area contributed by atoms with Crippen LogP contribution in [0.3, 0.4) is 0 Å². The van der Waals surface area contributed by atoms with Gasteiger partial charge in [-0.15, -0.1) is 0 Å². The lowest BCUT2D eigenvalue weighted by molar-refractivity contribution is -0.136. The predicted molar refractivity (Wildman–Crippen MR) is 67.5 cm³/mol. The Labute approximate surface area is 116 Å². The molecule has 1 amide bonds. The number of carbonyl (C=O) groups is 1. The second-order valence-electron chi connectivity index (χ2n) is 3.86. The predicted octanol–water partition coefficient (Wildman–Crippen LogP) is 3.79. The summed E-state index contributed by atoms with van der Waals surface area (Å²) in [6.45, 7) is 0. The molecule has 0 fully saturated rings. The normalized spacial score (nSPS) is 11.4. The number of nitrogens with one attached hydrogen (secondary N) is 1. The van der Waals surface area contributed by atoms with Crippen LogP contribution in [0, 0.1) is 0 Å².